The Hall–Kier alpha value is -1.16. The van der Waals surface area contributed by atoms with E-state index in [1.54, 1.807) is 0 Å². The van der Waals surface area contributed by atoms with Gasteiger partial charge in [0.25, 0.3) is 6.43 Å². The molecule has 0 spiro atoms. The number of hydrogen-bond acceptors (Lipinski definition) is 4. The van der Waals surface area contributed by atoms with Gasteiger partial charge in [-0.05, 0) is 0 Å². The summed E-state index contributed by atoms with van der Waals surface area (Å²) in [5.74, 6) is -3.11. The van der Waals surface area contributed by atoms with Crippen LogP contribution in [0.4, 0.5) is 22.0 Å². The summed E-state index contributed by atoms with van der Waals surface area (Å²) in [5.41, 5.74) is 4.89. The first-order chi connectivity index (χ1) is 8.29. The molecule has 0 bridgehead atoms. The third-order valence-corrected chi connectivity index (χ3v) is 1.88. The van der Waals surface area contributed by atoms with E-state index in [-0.39, 0.29) is 13.2 Å². The minimum absolute atomic E-state index is 0.0575. The summed E-state index contributed by atoms with van der Waals surface area (Å²) < 4.78 is 64.9. The molecule has 0 fully saturated rings. The second-order valence-corrected chi connectivity index (χ2v) is 3.29. The van der Waals surface area contributed by atoms with Gasteiger partial charge in [-0.15, -0.1) is 0 Å². The molecule has 4 N–H and O–H groups in total. The molecule has 0 aromatic carbocycles. The zero-order valence-corrected chi connectivity index (χ0v) is 9.25. The average Bonchev–Trinajstić information content (AvgIpc) is 2.25. The van der Waals surface area contributed by atoms with Crippen LogP contribution in [0.1, 0.15) is 0 Å². The van der Waals surface area contributed by atoms with E-state index in [1.807, 2.05) is 0 Å². The summed E-state index contributed by atoms with van der Waals surface area (Å²) in [7, 11) is 0. The molecule has 10 heteroatoms. The molecule has 0 aromatic heterocycles. The van der Waals surface area contributed by atoms with Crippen LogP contribution in [0.25, 0.3) is 0 Å². The highest BCUT2D eigenvalue weighted by Gasteiger charge is 2.42. The Labute approximate surface area is 99.8 Å². The monoisotopic (exact) mass is 279 g/mol. The zero-order chi connectivity index (χ0) is 14.2. The van der Waals surface area contributed by atoms with E-state index in [0.29, 0.717) is 0 Å². The second kappa shape index (κ2) is 8.03. The molecule has 0 radical (unpaired) electrons. The third-order valence-electron chi connectivity index (χ3n) is 1.88. The van der Waals surface area contributed by atoms with Gasteiger partial charge in [0, 0.05) is 13.1 Å². The summed E-state index contributed by atoms with van der Waals surface area (Å²) >= 11 is 0. The fourth-order valence-corrected chi connectivity index (χ4v) is 1.02. The largest absolute Gasteiger partial charge is 0.409 e. The van der Waals surface area contributed by atoms with Gasteiger partial charge in [-0.1, -0.05) is 5.16 Å². The fraction of sp³-hybridized carbons (Fsp3) is 0.875. The van der Waals surface area contributed by atoms with Gasteiger partial charge in [0.15, 0.2) is 5.84 Å². The van der Waals surface area contributed by atoms with Gasteiger partial charge >= 0.3 is 6.18 Å². The van der Waals surface area contributed by atoms with E-state index in [1.165, 1.54) is 0 Å². The Balaban J connectivity index is 3.93. The topological polar surface area (TPSA) is 79.9 Å². The third kappa shape index (κ3) is 7.22. The zero-order valence-electron chi connectivity index (χ0n) is 9.25. The van der Waals surface area contributed by atoms with E-state index in [0.717, 1.165) is 0 Å². The molecule has 0 saturated carbocycles. The van der Waals surface area contributed by atoms with Crippen LogP contribution in [0.2, 0.25) is 0 Å². The van der Waals surface area contributed by atoms with Crippen LogP contribution in [0.15, 0.2) is 5.16 Å². The number of halogens is 5. The molecule has 0 aliphatic rings. The summed E-state index contributed by atoms with van der Waals surface area (Å²) in [5, 5.41) is 12.8. The van der Waals surface area contributed by atoms with Gasteiger partial charge in [0.1, 0.15) is 12.5 Å². The first-order valence-electron chi connectivity index (χ1n) is 4.89. The lowest BCUT2D eigenvalue weighted by atomic mass is 10.1. The number of rotatable bonds is 8. The molecule has 0 aromatic rings. The second-order valence-electron chi connectivity index (χ2n) is 3.29. The highest BCUT2D eigenvalue weighted by atomic mass is 19.4. The highest BCUT2D eigenvalue weighted by Crippen LogP contribution is 2.25. The molecule has 0 saturated heterocycles. The van der Waals surface area contributed by atoms with Crippen molar-refractivity contribution < 1.29 is 31.9 Å². The van der Waals surface area contributed by atoms with Crippen molar-refractivity contribution in [2.24, 2.45) is 16.8 Å². The standard InChI is InChI=1S/C8H14F5N3O2/c9-6(10)4-18-2-1-15-3-5(7(14)16-17)8(11,12)13/h5-6,15,17H,1-4H2,(H2,14,16). The number of hydrogen-bond donors (Lipinski definition) is 3. The van der Waals surface area contributed by atoms with Gasteiger partial charge in [0.2, 0.25) is 0 Å². The van der Waals surface area contributed by atoms with Crippen LogP contribution in [-0.4, -0.2) is 49.9 Å². The molecule has 0 aliphatic carbocycles. The number of alkyl halides is 5. The van der Waals surface area contributed by atoms with Crippen LogP contribution in [0, 0.1) is 5.92 Å². The van der Waals surface area contributed by atoms with Crippen molar-refractivity contribution in [1.82, 2.24) is 5.32 Å². The van der Waals surface area contributed by atoms with Gasteiger partial charge in [0.05, 0.1) is 6.61 Å². The highest BCUT2D eigenvalue weighted by molar-refractivity contribution is 5.83. The SMILES string of the molecule is NC(=NO)C(CNCCOCC(F)F)C(F)(F)F. The average molecular weight is 279 g/mol. The normalized spacial score (nSPS) is 15.1. The van der Waals surface area contributed by atoms with Crippen molar-refractivity contribution in [3.05, 3.63) is 0 Å². The number of nitrogens with two attached hydrogens (primary N) is 1. The van der Waals surface area contributed by atoms with Crippen LogP contribution < -0.4 is 11.1 Å². The summed E-state index contributed by atoms with van der Waals surface area (Å²) in [6, 6.07) is 0. The predicted octanol–water partition coefficient (Wildman–Crippen LogP) is 0.783. The van der Waals surface area contributed by atoms with E-state index in [9.17, 15) is 22.0 Å². The lowest BCUT2D eigenvalue weighted by Crippen LogP contribution is -2.43. The summed E-state index contributed by atoms with van der Waals surface area (Å²) in [6.45, 7) is -1.62. The van der Waals surface area contributed by atoms with E-state index in [4.69, 9.17) is 10.9 Å². The summed E-state index contributed by atoms with van der Waals surface area (Å²) in [4.78, 5) is 0. The lowest BCUT2D eigenvalue weighted by molar-refractivity contribution is -0.155. The van der Waals surface area contributed by atoms with Crippen LogP contribution >= 0.6 is 0 Å². The summed E-state index contributed by atoms with van der Waals surface area (Å²) in [6.07, 6.45) is -7.28. The number of oxime groups is 1. The first-order valence-corrected chi connectivity index (χ1v) is 4.89. The van der Waals surface area contributed by atoms with E-state index >= 15 is 0 Å². The van der Waals surface area contributed by atoms with Crippen molar-refractivity contribution in [2.45, 2.75) is 12.6 Å². The quantitative estimate of drug-likeness (QED) is 0.153. The minimum atomic E-state index is -4.66. The van der Waals surface area contributed by atoms with Crippen LogP contribution in [-0.2, 0) is 4.74 Å². The Kier molecular flexibility index (Phi) is 7.51. The maximum absolute atomic E-state index is 12.4. The maximum Gasteiger partial charge on any atom is 0.400 e. The molecule has 0 rings (SSSR count). The first kappa shape index (κ1) is 16.8. The molecular weight excluding hydrogens is 265 g/mol. The molecule has 1 atom stereocenters. The number of ether oxygens (including phenoxy) is 1. The molecule has 5 nitrogen and oxygen atoms in total. The van der Waals surface area contributed by atoms with Crippen molar-refractivity contribution in [2.75, 3.05) is 26.3 Å². The fourth-order valence-electron chi connectivity index (χ4n) is 1.02. The Morgan fingerprint density at radius 2 is 2.00 bits per heavy atom. The van der Waals surface area contributed by atoms with Crippen molar-refractivity contribution >= 4 is 5.84 Å². The van der Waals surface area contributed by atoms with E-state index in [2.05, 4.69) is 15.2 Å². The van der Waals surface area contributed by atoms with Crippen LogP contribution in [0.3, 0.4) is 0 Å². The molecule has 0 amide bonds. The molecule has 0 aliphatic heterocycles. The molecule has 1 unspecified atom stereocenters. The molecule has 0 heterocycles. The van der Waals surface area contributed by atoms with Gasteiger partial charge in [-0.25, -0.2) is 8.78 Å². The number of amidine groups is 1. The Morgan fingerprint density at radius 1 is 1.39 bits per heavy atom. The lowest BCUT2D eigenvalue weighted by Gasteiger charge is -2.19. The van der Waals surface area contributed by atoms with Gasteiger partial charge in [-0.2, -0.15) is 13.2 Å². The van der Waals surface area contributed by atoms with Gasteiger partial charge in [-0.3, -0.25) is 0 Å². The van der Waals surface area contributed by atoms with E-state index < -0.39 is 37.5 Å². The van der Waals surface area contributed by atoms with Crippen molar-refractivity contribution in [3.8, 4) is 0 Å². The van der Waals surface area contributed by atoms with Gasteiger partial charge < -0.3 is 21.0 Å². The molecule has 18 heavy (non-hydrogen) atoms. The smallest absolute Gasteiger partial charge is 0.400 e. The number of nitrogens with one attached hydrogen (secondary N) is 1. The van der Waals surface area contributed by atoms with Crippen molar-refractivity contribution in [1.29, 1.82) is 0 Å². The predicted molar refractivity (Wildman–Crippen MR) is 52.6 cm³/mol. The Bertz CT molecular complexity index is 260. The van der Waals surface area contributed by atoms with Crippen LogP contribution in [0.5, 0.6) is 0 Å². The number of nitrogens with zero attached hydrogens (tertiary/aromatic N) is 1. The minimum Gasteiger partial charge on any atom is -0.409 e. The Morgan fingerprint density at radius 3 is 2.44 bits per heavy atom. The molecule has 108 valence electrons. The maximum atomic E-state index is 12.4. The van der Waals surface area contributed by atoms with Crippen molar-refractivity contribution in [3.63, 3.8) is 0 Å². The molecular formula is C8H14F5N3O2.